The Balaban J connectivity index is 1.69. The number of hydrogen-bond donors (Lipinski definition) is 0. The van der Waals surface area contributed by atoms with Crippen molar-refractivity contribution in [3.8, 4) is 6.07 Å². The van der Waals surface area contributed by atoms with Gasteiger partial charge in [-0.05, 0) is 26.0 Å². The van der Waals surface area contributed by atoms with E-state index in [1.165, 1.54) is 0 Å². The first kappa shape index (κ1) is 15.5. The van der Waals surface area contributed by atoms with Crippen LogP contribution in [0.1, 0.15) is 25.2 Å². The fraction of sp³-hybridized carbons (Fsp3) is 0.471. The molecule has 0 radical (unpaired) electrons. The molecule has 1 aliphatic rings. The first-order chi connectivity index (χ1) is 11.2. The van der Waals surface area contributed by atoms with Crippen LogP contribution in [0.4, 0.5) is 5.82 Å². The summed E-state index contributed by atoms with van der Waals surface area (Å²) in [4.78, 5) is 13.5. The zero-order valence-electron chi connectivity index (χ0n) is 13.7. The molecule has 6 heteroatoms. The van der Waals surface area contributed by atoms with E-state index in [0.29, 0.717) is 11.6 Å². The highest BCUT2D eigenvalue weighted by Crippen LogP contribution is 2.21. The highest BCUT2D eigenvalue weighted by molar-refractivity contribution is 5.53. The van der Waals surface area contributed by atoms with Crippen LogP contribution >= 0.6 is 0 Å². The lowest BCUT2D eigenvalue weighted by Crippen LogP contribution is -2.52. The summed E-state index contributed by atoms with van der Waals surface area (Å²) in [6, 6.07) is 6.27. The molecule has 23 heavy (non-hydrogen) atoms. The predicted molar refractivity (Wildman–Crippen MR) is 88.9 cm³/mol. The van der Waals surface area contributed by atoms with Crippen LogP contribution in [0.25, 0.3) is 0 Å². The number of nitrogens with zero attached hydrogens (tertiary/aromatic N) is 6. The largest absolute Gasteiger partial charge is 0.353 e. The molecule has 120 valence electrons. The monoisotopic (exact) mass is 310 g/mol. The molecule has 1 fully saturated rings. The molecule has 2 aromatic heterocycles. The lowest BCUT2D eigenvalue weighted by Gasteiger charge is -2.40. The van der Waals surface area contributed by atoms with Crippen LogP contribution in [0, 0.1) is 11.3 Å². The summed E-state index contributed by atoms with van der Waals surface area (Å²) in [5, 5.41) is 9.26. The van der Waals surface area contributed by atoms with Gasteiger partial charge in [0.25, 0.3) is 0 Å². The average molecular weight is 310 g/mol. The van der Waals surface area contributed by atoms with Gasteiger partial charge in [-0.3, -0.25) is 4.90 Å². The number of aromatic nitrogens is 3. The number of anilines is 1. The maximum Gasteiger partial charge on any atom is 0.146 e. The predicted octanol–water partition coefficient (Wildman–Crippen LogP) is 1.88. The normalized spacial score (nSPS) is 18.8. The van der Waals surface area contributed by atoms with Crippen LogP contribution in [0.5, 0.6) is 0 Å². The number of pyridine rings is 1. The first-order valence-corrected chi connectivity index (χ1v) is 8.07. The molecule has 0 amide bonds. The van der Waals surface area contributed by atoms with Crippen molar-refractivity contribution in [2.45, 2.75) is 33.0 Å². The average Bonchev–Trinajstić information content (AvgIpc) is 3.04. The molecule has 0 spiro atoms. The Labute approximate surface area is 137 Å². The molecule has 3 heterocycles. The smallest absolute Gasteiger partial charge is 0.146 e. The maximum atomic E-state index is 9.26. The fourth-order valence-electron chi connectivity index (χ4n) is 3.12. The number of rotatable bonds is 4. The second-order valence-corrected chi connectivity index (χ2v) is 5.88. The van der Waals surface area contributed by atoms with E-state index < -0.39 is 0 Å². The van der Waals surface area contributed by atoms with Gasteiger partial charge < -0.3 is 9.47 Å². The number of piperazine rings is 1. The molecule has 2 aromatic rings. The van der Waals surface area contributed by atoms with Crippen molar-refractivity contribution < 1.29 is 0 Å². The van der Waals surface area contributed by atoms with Crippen LogP contribution in [0.15, 0.2) is 30.7 Å². The molecule has 6 nitrogen and oxygen atoms in total. The molecule has 1 saturated heterocycles. The quantitative estimate of drug-likeness (QED) is 0.863. The SMILES string of the molecule is CCn1ccnc1CN1CCN(c2ncccc2C#N)CC1C. The lowest BCUT2D eigenvalue weighted by atomic mass is 10.1. The van der Waals surface area contributed by atoms with Crippen LogP contribution in [-0.4, -0.2) is 45.1 Å². The van der Waals surface area contributed by atoms with E-state index in [1.54, 1.807) is 6.20 Å². The Bertz CT molecular complexity index is 701. The van der Waals surface area contributed by atoms with Crippen LogP contribution in [0.2, 0.25) is 0 Å². The van der Waals surface area contributed by atoms with Gasteiger partial charge in [0.15, 0.2) is 0 Å². The van der Waals surface area contributed by atoms with E-state index in [4.69, 9.17) is 0 Å². The number of nitriles is 1. The summed E-state index contributed by atoms with van der Waals surface area (Å²) in [6.45, 7) is 8.87. The molecule has 0 saturated carbocycles. The summed E-state index contributed by atoms with van der Waals surface area (Å²) in [7, 11) is 0. The first-order valence-electron chi connectivity index (χ1n) is 8.07. The number of imidazole rings is 1. The minimum atomic E-state index is 0.388. The summed E-state index contributed by atoms with van der Waals surface area (Å²) in [5.74, 6) is 1.92. The fourth-order valence-corrected chi connectivity index (χ4v) is 3.12. The Kier molecular flexibility index (Phi) is 4.58. The third kappa shape index (κ3) is 3.20. The van der Waals surface area contributed by atoms with Gasteiger partial charge in [0.05, 0.1) is 12.1 Å². The van der Waals surface area contributed by atoms with Gasteiger partial charge in [0.2, 0.25) is 0 Å². The summed E-state index contributed by atoms with van der Waals surface area (Å²) >= 11 is 0. The zero-order valence-corrected chi connectivity index (χ0v) is 13.7. The summed E-state index contributed by atoms with van der Waals surface area (Å²) < 4.78 is 2.19. The highest BCUT2D eigenvalue weighted by atomic mass is 15.3. The molecule has 0 N–H and O–H groups in total. The van der Waals surface area contributed by atoms with Crippen molar-refractivity contribution in [3.05, 3.63) is 42.1 Å². The molecular weight excluding hydrogens is 288 g/mol. The number of hydrogen-bond acceptors (Lipinski definition) is 5. The van der Waals surface area contributed by atoms with E-state index in [1.807, 2.05) is 24.5 Å². The van der Waals surface area contributed by atoms with Gasteiger partial charge in [-0.2, -0.15) is 5.26 Å². The second kappa shape index (κ2) is 6.80. The van der Waals surface area contributed by atoms with Gasteiger partial charge in [-0.15, -0.1) is 0 Å². The molecule has 1 aliphatic heterocycles. The van der Waals surface area contributed by atoms with Gasteiger partial charge in [0.1, 0.15) is 17.7 Å². The Morgan fingerprint density at radius 2 is 2.17 bits per heavy atom. The lowest BCUT2D eigenvalue weighted by molar-refractivity contribution is 0.174. The van der Waals surface area contributed by atoms with Crippen molar-refractivity contribution in [2.24, 2.45) is 0 Å². The standard InChI is InChI=1S/C17H22N6/c1-3-21-8-7-19-16(21)13-22-9-10-23(12-14(22)2)17-15(11-18)5-4-6-20-17/h4-8,14H,3,9-10,12-13H2,1-2H3. The van der Waals surface area contributed by atoms with Crippen molar-refractivity contribution in [1.82, 2.24) is 19.4 Å². The van der Waals surface area contributed by atoms with Crippen LogP contribution in [-0.2, 0) is 13.1 Å². The van der Waals surface area contributed by atoms with Crippen molar-refractivity contribution >= 4 is 5.82 Å². The zero-order chi connectivity index (χ0) is 16.2. The molecule has 0 aliphatic carbocycles. The molecule has 3 rings (SSSR count). The Hall–Kier alpha value is -2.39. The summed E-state index contributed by atoms with van der Waals surface area (Å²) in [6.07, 6.45) is 5.65. The summed E-state index contributed by atoms with van der Waals surface area (Å²) in [5.41, 5.74) is 0.648. The topological polar surface area (TPSA) is 61.0 Å². The van der Waals surface area contributed by atoms with Crippen molar-refractivity contribution in [3.63, 3.8) is 0 Å². The van der Waals surface area contributed by atoms with Crippen LogP contribution in [0.3, 0.4) is 0 Å². The molecule has 1 atom stereocenters. The highest BCUT2D eigenvalue weighted by Gasteiger charge is 2.26. The second-order valence-electron chi connectivity index (χ2n) is 5.88. The molecule has 1 unspecified atom stereocenters. The Morgan fingerprint density at radius 3 is 2.91 bits per heavy atom. The third-order valence-corrected chi connectivity index (χ3v) is 4.46. The van der Waals surface area contributed by atoms with Crippen molar-refractivity contribution in [1.29, 1.82) is 5.26 Å². The van der Waals surface area contributed by atoms with E-state index in [2.05, 4.69) is 44.3 Å². The van der Waals surface area contributed by atoms with Gasteiger partial charge in [-0.25, -0.2) is 9.97 Å². The van der Waals surface area contributed by atoms with E-state index in [-0.39, 0.29) is 0 Å². The molecular formula is C17H22N6. The van der Waals surface area contributed by atoms with E-state index in [0.717, 1.165) is 44.4 Å². The minimum Gasteiger partial charge on any atom is -0.353 e. The minimum absolute atomic E-state index is 0.388. The van der Waals surface area contributed by atoms with E-state index >= 15 is 0 Å². The third-order valence-electron chi connectivity index (χ3n) is 4.46. The molecule has 0 bridgehead atoms. The van der Waals surface area contributed by atoms with Crippen molar-refractivity contribution in [2.75, 3.05) is 24.5 Å². The molecule has 0 aromatic carbocycles. The van der Waals surface area contributed by atoms with Gasteiger partial charge in [0, 0.05) is 50.8 Å². The van der Waals surface area contributed by atoms with Gasteiger partial charge >= 0.3 is 0 Å². The Morgan fingerprint density at radius 1 is 1.30 bits per heavy atom. The number of aryl methyl sites for hydroxylation is 1. The maximum absolute atomic E-state index is 9.26. The van der Waals surface area contributed by atoms with Gasteiger partial charge in [-0.1, -0.05) is 0 Å². The van der Waals surface area contributed by atoms with E-state index in [9.17, 15) is 5.26 Å². The van der Waals surface area contributed by atoms with Crippen LogP contribution < -0.4 is 4.90 Å².